The van der Waals surface area contributed by atoms with Gasteiger partial charge in [0.25, 0.3) is 0 Å². The molecule has 0 saturated heterocycles. The molecule has 0 aliphatic carbocycles. The molecule has 2 nitrogen and oxygen atoms in total. The van der Waals surface area contributed by atoms with Crippen molar-refractivity contribution in [2.45, 2.75) is 0 Å². The Morgan fingerprint density at radius 1 is 2.00 bits per heavy atom. The predicted octanol–water partition coefficient (Wildman–Crippen LogP) is -0.133. The molecule has 2 N–H and O–H groups in total. The van der Waals surface area contributed by atoms with Crippen LogP contribution in [0.15, 0.2) is 0 Å². The summed E-state index contributed by atoms with van der Waals surface area (Å²) in [5.74, 6) is 0. The van der Waals surface area contributed by atoms with E-state index in [0.717, 1.165) is 0 Å². The topological polar surface area (TPSA) is 43.1 Å². The molecular weight excluding hydrogens is 134 g/mol. The van der Waals surface area contributed by atoms with Crippen LogP contribution in [0.4, 0.5) is 0 Å². The summed E-state index contributed by atoms with van der Waals surface area (Å²) >= 11 is 2.61. The van der Waals surface area contributed by atoms with Gasteiger partial charge in [0.2, 0.25) is 4.69 Å². The first-order chi connectivity index (χ1) is 2.27. The molecule has 5 heavy (non-hydrogen) atoms. The van der Waals surface area contributed by atoms with Crippen molar-refractivity contribution in [3.05, 3.63) is 0 Å². The van der Waals surface area contributed by atoms with Gasteiger partial charge in [0.1, 0.15) is 0 Å². The molecule has 0 bridgehead atoms. The molecule has 0 fully saturated rings. The normalized spacial score (nSPS) is 7.60. The van der Waals surface area contributed by atoms with E-state index in [1.165, 1.54) is 0 Å². The van der Waals surface area contributed by atoms with Gasteiger partial charge < -0.3 is 5.73 Å². The van der Waals surface area contributed by atoms with E-state index in [2.05, 4.69) is 15.9 Å². The van der Waals surface area contributed by atoms with E-state index in [9.17, 15) is 4.79 Å². The second-order valence-corrected chi connectivity index (χ2v) is 1.44. The lowest BCUT2D eigenvalue weighted by Gasteiger charge is -1.70. The van der Waals surface area contributed by atoms with Crippen LogP contribution in [0.2, 0.25) is 0 Å². The van der Waals surface area contributed by atoms with Crippen LogP contribution in [0.25, 0.3) is 0 Å². The number of carbonyl (C=O) groups excluding carboxylic acids is 1. The molecule has 0 radical (unpaired) electrons. The van der Waals surface area contributed by atoms with Gasteiger partial charge in [0.05, 0.1) is 6.54 Å². The fourth-order valence-corrected chi connectivity index (χ4v) is 0. The first kappa shape index (κ1) is 5.11. The van der Waals surface area contributed by atoms with Crippen LogP contribution in [-0.2, 0) is 4.79 Å². The summed E-state index contributed by atoms with van der Waals surface area (Å²) in [6, 6.07) is 0. The SMILES string of the molecule is NCC(=O)Br. The number of halogens is 1. The third-order valence-electron chi connectivity index (χ3n) is 0.160. The molecule has 3 heteroatoms. The van der Waals surface area contributed by atoms with Crippen LogP contribution in [-0.4, -0.2) is 11.2 Å². The molecule has 0 unspecified atom stereocenters. The van der Waals surface area contributed by atoms with Gasteiger partial charge in [0, 0.05) is 0 Å². The fraction of sp³-hybridized carbons (Fsp3) is 0.500. The van der Waals surface area contributed by atoms with Gasteiger partial charge >= 0.3 is 0 Å². The minimum Gasteiger partial charge on any atom is -0.323 e. The maximum Gasteiger partial charge on any atom is 0.211 e. The van der Waals surface area contributed by atoms with Crippen molar-refractivity contribution in [2.75, 3.05) is 6.54 Å². The van der Waals surface area contributed by atoms with Crippen molar-refractivity contribution in [1.82, 2.24) is 0 Å². The summed E-state index contributed by atoms with van der Waals surface area (Å²) in [6.07, 6.45) is 0. The Morgan fingerprint density at radius 3 is 2.20 bits per heavy atom. The van der Waals surface area contributed by atoms with Crippen LogP contribution in [0.1, 0.15) is 0 Å². The summed E-state index contributed by atoms with van der Waals surface area (Å²) in [5, 5.41) is 0. The average molecular weight is 138 g/mol. The van der Waals surface area contributed by atoms with E-state index >= 15 is 0 Å². The number of rotatable bonds is 1. The summed E-state index contributed by atoms with van der Waals surface area (Å²) in [7, 11) is 0. The molecule has 0 rings (SSSR count). The molecule has 0 spiro atoms. The molecule has 0 aliphatic heterocycles. The molecule has 0 heterocycles. The Hall–Kier alpha value is 0.110. The zero-order chi connectivity index (χ0) is 4.28. The lowest BCUT2D eigenvalue weighted by atomic mass is 10.8. The number of hydrogen-bond donors (Lipinski definition) is 1. The number of hydrogen-bond acceptors (Lipinski definition) is 2. The quantitative estimate of drug-likeness (QED) is 0.512. The van der Waals surface area contributed by atoms with Gasteiger partial charge in [-0.1, -0.05) is 0 Å². The van der Waals surface area contributed by atoms with Gasteiger partial charge in [-0.05, 0) is 15.9 Å². The predicted molar refractivity (Wildman–Crippen MR) is 23.0 cm³/mol. The Balaban J connectivity index is 2.85. The zero-order valence-corrected chi connectivity index (χ0v) is 4.16. The third kappa shape index (κ3) is 4.11. The maximum absolute atomic E-state index is 9.60. The van der Waals surface area contributed by atoms with Crippen molar-refractivity contribution in [2.24, 2.45) is 5.73 Å². The summed E-state index contributed by atoms with van der Waals surface area (Å²) in [4.78, 5) is 9.60. The van der Waals surface area contributed by atoms with E-state index in [1.54, 1.807) is 0 Å². The van der Waals surface area contributed by atoms with E-state index in [0.29, 0.717) is 0 Å². The Bertz CT molecular complexity index is 44.9. The molecule has 0 aromatic rings. The van der Waals surface area contributed by atoms with Crippen molar-refractivity contribution < 1.29 is 4.79 Å². The molecular formula is C2H4BrNO. The highest BCUT2D eigenvalue weighted by atomic mass is 79.9. The van der Waals surface area contributed by atoms with Crippen LogP contribution >= 0.6 is 15.9 Å². The molecule has 0 aromatic carbocycles. The summed E-state index contributed by atoms with van der Waals surface area (Å²) in [6.45, 7) is 0.0833. The fourth-order valence-electron chi connectivity index (χ4n) is 0. The lowest BCUT2D eigenvalue weighted by Crippen LogP contribution is -2.04. The second kappa shape index (κ2) is 2.35. The Labute approximate surface area is 38.5 Å². The highest BCUT2D eigenvalue weighted by Gasteiger charge is 1.80. The van der Waals surface area contributed by atoms with E-state index in [-0.39, 0.29) is 11.2 Å². The minimum atomic E-state index is -0.155. The molecule has 0 aliphatic rings. The largest absolute Gasteiger partial charge is 0.323 e. The van der Waals surface area contributed by atoms with Crippen molar-refractivity contribution in [3.63, 3.8) is 0 Å². The van der Waals surface area contributed by atoms with Crippen molar-refractivity contribution in [3.8, 4) is 0 Å². The number of carbonyl (C=O) groups is 1. The van der Waals surface area contributed by atoms with Gasteiger partial charge in [-0.2, -0.15) is 0 Å². The van der Waals surface area contributed by atoms with E-state index in [1.807, 2.05) is 0 Å². The lowest BCUT2D eigenvalue weighted by molar-refractivity contribution is -0.109. The van der Waals surface area contributed by atoms with Crippen molar-refractivity contribution in [1.29, 1.82) is 0 Å². The monoisotopic (exact) mass is 137 g/mol. The molecule has 0 aromatic heterocycles. The summed E-state index contributed by atoms with van der Waals surface area (Å²) < 4.78 is -0.155. The standard InChI is InChI=1S/C2H4BrNO/c3-2(5)1-4/h1,4H2. The molecule has 0 atom stereocenters. The highest BCUT2D eigenvalue weighted by molar-refractivity contribution is 9.18. The highest BCUT2D eigenvalue weighted by Crippen LogP contribution is 1.74. The molecule has 0 saturated carbocycles. The third-order valence-corrected chi connectivity index (χ3v) is 0.484. The van der Waals surface area contributed by atoms with Gasteiger partial charge in [0.15, 0.2) is 0 Å². The summed E-state index contributed by atoms with van der Waals surface area (Å²) in [5.41, 5.74) is 4.77. The van der Waals surface area contributed by atoms with Crippen LogP contribution < -0.4 is 5.73 Å². The first-order valence-electron chi connectivity index (χ1n) is 1.15. The average Bonchev–Trinajstić information content (AvgIpc) is 1.38. The zero-order valence-electron chi connectivity index (χ0n) is 2.57. The van der Waals surface area contributed by atoms with E-state index in [4.69, 9.17) is 5.73 Å². The molecule has 30 valence electrons. The Kier molecular flexibility index (Phi) is 2.41. The van der Waals surface area contributed by atoms with Crippen LogP contribution in [0.5, 0.6) is 0 Å². The second-order valence-electron chi connectivity index (χ2n) is 0.559. The van der Waals surface area contributed by atoms with Crippen LogP contribution in [0.3, 0.4) is 0 Å². The van der Waals surface area contributed by atoms with Gasteiger partial charge in [-0.3, -0.25) is 4.79 Å². The van der Waals surface area contributed by atoms with Gasteiger partial charge in [-0.15, -0.1) is 0 Å². The first-order valence-corrected chi connectivity index (χ1v) is 1.95. The van der Waals surface area contributed by atoms with Crippen LogP contribution in [0, 0.1) is 0 Å². The smallest absolute Gasteiger partial charge is 0.211 e. The number of nitrogens with two attached hydrogens (primary N) is 1. The van der Waals surface area contributed by atoms with Crippen molar-refractivity contribution >= 4 is 20.6 Å². The molecule has 0 amide bonds. The minimum absolute atomic E-state index is 0.0833. The Morgan fingerprint density at radius 2 is 2.20 bits per heavy atom. The van der Waals surface area contributed by atoms with E-state index < -0.39 is 0 Å². The van der Waals surface area contributed by atoms with Gasteiger partial charge in [-0.25, -0.2) is 0 Å². The maximum atomic E-state index is 9.60.